The molecule has 9 heteroatoms. The van der Waals surface area contributed by atoms with Gasteiger partial charge < -0.3 is 10.4 Å². The zero-order valence-electron chi connectivity index (χ0n) is 19.1. The Labute approximate surface area is 206 Å². The number of carbonyl (C=O) groups excluding carboxylic acids is 2. The molecule has 0 radical (unpaired) electrons. The number of nitrogens with zero attached hydrogens (tertiary/aromatic N) is 2. The second-order valence-electron chi connectivity index (χ2n) is 7.84. The molecule has 0 aliphatic rings. The summed E-state index contributed by atoms with van der Waals surface area (Å²) in [6.07, 6.45) is 3.44. The quantitative estimate of drug-likeness (QED) is 0.174. The summed E-state index contributed by atoms with van der Waals surface area (Å²) in [4.78, 5) is 38.4. The fourth-order valence-electron chi connectivity index (χ4n) is 3.68. The summed E-state index contributed by atoms with van der Waals surface area (Å²) < 4.78 is 0. The van der Waals surface area contributed by atoms with Crippen LogP contribution < -0.4 is 16.3 Å². The molecule has 36 heavy (non-hydrogen) atoms. The number of benzene rings is 3. The van der Waals surface area contributed by atoms with Gasteiger partial charge in [0.25, 0.3) is 17.4 Å². The van der Waals surface area contributed by atoms with Crippen LogP contribution in [0.2, 0.25) is 0 Å². The number of aromatic nitrogens is 2. The maximum absolute atomic E-state index is 13.2. The van der Waals surface area contributed by atoms with Crippen LogP contribution in [0.4, 0.5) is 0 Å². The average molecular weight is 482 g/mol. The lowest BCUT2D eigenvalue weighted by molar-refractivity contribution is -0.123. The van der Waals surface area contributed by atoms with Gasteiger partial charge in [0.2, 0.25) is 0 Å². The maximum atomic E-state index is 13.2. The van der Waals surface area contributed by atoms with E-state index in [9.17, 15) is 19.5 Å². The van der Waals surface area contributed by atoms with Crippen LogP contribution >= 0.6 is 0 Å². The van der Waals surface area contributed by atoms with E-state index in [2.05, 4.69) is 32.6 Å². The molecule has 1 atom stereocenters. The van der Waals surface area contributed by atoms with E-state index in [0.717, 1.165) is 0 Å². The SMILES string of the molecule is C=CCc1cccc(/C=N\NC(=O)[C@H](NC(=O)c2ccccc2)c2n[nH]c(=O)c3ccccc23)c1O. The number of allylic oxidation sites excluding steroid dienone is 1. The Morgan fingerprint density at radius 2 is 1.75 bits per heavy atom. The number of nitrogens with one attached hydrogen (secondary N) is 3. The Hall–Kier alpha value is -5.05. The first kappa shape index (κ1) is 24.1. The van der Waals surface area contributed by atoms with Crippen molar-refractivity contribution in [3.63, 3.8) is 0 Å². The number of hydrogen-bond acceptors (Lipinski definition) is 6. The largest absolute Gasteiger partial charge is 0.507 e. The standard InChI is InChI=1S/C27H23N5O4/c1-2-9-17-12-8-13-19(24(17)33)16-28-31-27(36)23(29-25(34)18-10-4-3-5-11-18)22-20-14-6-7-15-21(20)26(35)32-30-22/h2-8,10-16,23,33H,1,9H2,(H,29,34)(H,31,36)(H,32,35)/b28-16-/t23-/m1/s1. The number of hydrazone groups is 1. The predicted molar refractivity (Wildman–Crippen MR) is 137 cm³/mol. The number of H-pyrrole nitrogens is 1. The van der Waals surface area contributed by atoms with E-state index in [1.165, 1.54) is 6.21 Å². The minimum atomic E-state index is -1.28. The molecule has 0 aliphatic heterocycles. The molecule has 0 saturated carbocycles. The van der Waals surface area contributed by atoms with E-state index >= 15 is 0 Å². The van der Waals surface area contributed by atoms with Crippen LogP contribution in [-0.2, 0) is 11.2 Å². The molecule has 2 amide bonds. The van der Waals surface area contributed by atoms with Crippen molar-refractivity contribution in [1.82, 2.24) is 20.9 Å². The first-order valence-corrected chi connectivity index (χ1v) is 11.1. The van der Waals surface area contributed by atoms with E-state index in [1.807, 2.05) is 0 Å². The monoisotopic (exact) mass is 481 g/mol. The van der Waals surface area contributed by atoms with Crippen molar-refractivity contribution in [1.29, 1.82) is 0 Å². The Morgan fingerprint density at radius 3 is 2.50 bits per heavy atom. The molecule has 0 spiro atoms. The highest BCUT2D eigenvalue weighted by Crippen LogP contribution is 2.22. The van der Waals surface area contributed by atoms with Gasteiger partial charge in [0.1, 0.15) is 11.4 Å². The van der Waals surface area contributed by atoms with Gasteiger partial charge in [-0.1, -0.05) is 54.6 Å². The van der Waals surface area contributed by atoms with Crippen LogP contribution in [0.15, 0.2) is 95.3 Å². The van der Waals surface area contributed by atoms with Crippen molar-refractivity contribution in [2.75, 3.05) is 0 Å². The Bertz CT molecular complexity index is 1510. The molecule has 0 aliphatic carbocycles. The molecule has 0 fully saturated rings. The van der Waals surface area contributed by atoms with Gasteiger partial charge >= 0.3 is 0 Å². The number of hydrogen-bond donors (Lipinski definition) is 4. The van der Waals surface area contributed by atoms with E-state index < -0.39 is 23.4 Å². The Kier molecular flexibility index (Phi) is 7.30. The predicted octanol–water partition coefficient (Wildman–Crippen LogP) is 2.98. The number of amides is 2. The summed E-state index contributed by atoms with van der Waals surface area (Å²) in [5.41, 5.74) is 3.53. The van der Waals surface area contributed by atoms with Gasteiger partial charge in [-0.25, -0.2) is 10.5 Å². The lowest BCUT2D eigenvalue weighted by Crippen LogP contribution is -2.40. The summed E-state index contributed by atoms with van der Waals surface area (Å²) >= 11 is 0. The lowest BCUT2D eigenvalue weighted by atomic mass is 10.0. The van der Waals surface area contributed by atoms with Crippen LogP contribution in [0.3, 0.4) is 0 Å². The van der Waals surface area contributed by atoms with Crippen LogP contribution in [-0.4, -0.2) is 33.3 Å². The second kappa shape index (κ2) is 10.9. The zero-order valence-corrected chi connectivity index (χ0v) is 19.1. The first-order chi connectivity index (χ1) is 17.5. The van der Waals surface area contributed by atoms with Crippen LogP contribution in [0.5, 0.6) is 5.75 Å². The molecule has 3 aromatic carbocycles. The molecule has 180 valence electrons. The highest BCUT2D eigenvalue weighted by atomic mass is 16.3. The van der Waals surface area contributed by atoms with Crippen molar-refractivity contribution >= 4 is 28.8 Å². The molecule has 0 unspecified atom stereocenters. The van der Waals surface area contributed by atoms with Crippen LogP contribution in [0, 0.1) is 0 Å². The molecule has 1 heterocycles. The van der Waals surface area contributed by atoms with Gasteiger partial charge in [0.15, 0.2) is 6.04 Å². The molecular formula is C27H23N5O4. The molecule has 1 aromatic heterocycles. The maximum Gasteiger partial charge on any atom is 0.272 e. The van der Waals surface area contributed by atoms with Crippen molar-refractivity contribution in [3.05, 3.63) is 118 Å². The number of rotatable bonds is 8. The third-order valence-electron chi connectivity index (χ3n) is 5.47. The van der Waals surface area contributed by atoms with Crippen LogP contribution in [0.1, 0.15) is 33.2 Å². The average Bonchev–Trinajstić information content (AvgIpc) is 2.90. The third-order valence-corrected chi connectivity index (χ3v) is 5.47. The minimum absolute atomic E-state index is 0.0256. The van der Waals surface area contributed by atoms with E-state index in [0.29, 0.717) is 33.9 Å². The van der Waals surface area contributed by atoms with Gasteiger partial charge in [-0.2, -0.15) is 10.2 Å². The van der Waals surface area contributed by atoms with E-state index in [4.69, 9.17) is 0 Å². The second-order valence-corrected chi connectivity index (χ2v) is 7.84. The molecule has 0 saturated heterocycles. The van der Waals surface area contributed by atoms with Gasteiger partial charge in [-0.15, -0.1) is 6.58 Å². The number of aromatic hydroxyl groups is 1. The fraction of sp³-hybridized carbons (Fsp3) is 0.0741. The zero-order chi connectivity index (χ0) is 25.5. The summed E-state index contributed by atoms with van der Waals surface area (Å²) in [6, 6.07) is 18.9. The molecule has 9 nitrogen and oxygen atoms in total. The fourth-order valence-corrected chi connectivity index (χ4v) is 3.68. The van der Waals surface area contributed by atoms with Gasteiger partial charge in [-0.3, -0.25) is 14.4 Å². The van der Waals surface area contributed by atoms with Crippen molar-refractivity contribution in [2.24, 2.45) is 5.10 Å². The summed E-state index contributed by atoms with van der Waals surface area (Å²) in [6.45, 7) is 3.67. The smallest absolute Gasteiger partial charge is 0.272 e. The van der Waals surface area contributed by atoms with E-state index in [1.54, 1.807) is 78.9 Å². The summed E-state index contributed by atoms with van der Waals surface area (Å²) in [5, 5.41) is 24.2. The third kappa shape index (κ3) is 5.20. The molecule has 4 aromatic rings. The number of fused-ring (bicyclic) bond motifs is 1. The number of phenols is 1. The highest BCUT2D eigenvalue weighted by Gasteiger charge is 2.27. The Balaban J connectivity index is 1.66. The van der Waals surface area contributed by atoms with Gasteiger partial charge in [-0.05, 0) is 36.2 Å². The summed E-state index contributed by atoms with van der Waals surface area (Å²) in [5.74, 6) is -1.17. The van der Waals surface area contributed by atoms with Crippen LogP contribution in [0.25, 0.3) is 10.8 Å². The molecule has 4 N–H and O–H groups in total. The van der Waals surface area contributed by atoms with E-state index in [-0.39, 0.29) is 11.4 Å². The number of para-hydroxylation sites is 1. The summed E-state index contributed by atoms with van der Waals surface area (Å²) in [7, 11) is 0. The van der Waals surface area contributed by atoms with Crippen molar-refractivity contribution in [3.8, 4) is 5.75 Å². The lowest BCUT2D eigenvalue weighted by Gasteiger charge is -2.18. The molecule has 0 bridgehead atoms. The normalized spacial score (nSPS) is 11.8. The van der Waals surface area contributed by atoms with Gasteiger partial charge in [0, 0.05) is 16.5 Å². The minimum Gasteiger partial charge on any atom is -0.507 e. The molecule has 4 rings (SSSR count). The highest BCUT2D eigenvalue weighted by molar-refractivity contribution is 5.99. The topological polar surface area (TPSA) is 137 Å². The number of aromatic amines is 1. The first-order valence-electron chi connectivity index (χ1n) is 11.1. The Morgan fingerprint density at radius 1 is 1.03 bits per heavy atom. The number of carbonyl (C=O) groups is 2. The van der Waals surface area contributed by atoms with Crippen molar-refractivity contribution in [2.45, 2.75) is 12.5 Å². The van der Waals surface area contributed by atoms with Crippen molar-refractivity contribution < 1.29 is 14.7 Å². The molecular weight excluding hydrogens is 458 g/mol. The number of phenolic OH excluding ortho intramolecular Hbond substituents is 1. The van der Waals surface area contributed by atoms with Gasteiger partial charge in [0.05, 0.1) is 11.6 Å².